The smallest absolute Gasteiger partial charge is 0.353 e. The minimum Gasteiger partial charge on any atom is -0.477 e. The fourth-order valence-electron chi connectivity index (χ4n) is 2.08. The van der Waals surface area contributed by atoms with Crippen molar-refractivity contribution in [1.82, 2.24) is 15.2 Å². The minimum atomic E-state index is -1.05. The monoisotopic (exact) mass is 275 g/mol. The van der Waals surface area contributed by atoms with E-state index in [4.69, 9.17) is 16.7 Å². The Balaban J connectivity index is 2.18. The van der Waals surface area contributed by atoms with E-state index in [9.17, 15) is 4.79 Å². The number of aromatic amines is 2. The van der Waals surface area contributed by atoms with Crippen molar-refractivity contribution in [2.75, 3.05) is 0 Å². The van der Waals surface area contributed by atoms with Crippen LogP contribution in [0.15, 0.2) is 24.3 Å². The number of carboxylic acid groups (broad SMARTS) is 1. The maximum Gasteiger partial charge on any atom is 0.353 e. The first kappa shape index (κ1) is 11.8. The lowest BCUT2D eigenvalue weighted by atomic mass is 10.1. The minimum absolute atomic E-state index is 0.0383. The summed E-state index contributed by atoms with van der Waals surface area (Å²) in [6, 6.07) is 7.14. The molecule has 0 aliphatic rings. The lowest BCUT2D eigenvalue weighted by molar-refractivity contribution is 0.0690. The van der Waals surface area contributed by atoms with Crippen molar-refractivity contribution in [3.05, 3.63) is 40.7 Å². The second-order valence-electron chi connectivity index (χ2n) is 4.31. The molecule has 96 valence electrons. The second-order valence-corrected chi connectivity index (χ2v) is 4.69. The Labute approximate surface area is 113 Å². The summed E-state index contributed by atoms with van der Waals surface area (Å²) in [5, 5.41) is 16.8. The predicted octanol–water partition coefficient (Wildman–Crippen LogP) is 3.22. The van der Waals surface area contributed by atoms with Crippen LogP contribution in [-0.4, -0.2) is 26.3 Å². The number of hydrogen-bond donors (Lipinski definition) is 3. The first-order valence-electron chi connectivity index (χ1n) is 5.63. The number of aromatic nitrogens is 3. The maximum absolute atomic E-state index is 10.8. The van der Waals surface area contributed by atoms with Crippen LogP contribution in [0.3, 0.4) is 0 Å². The molecule has 0 radical (unpaired) electrons. The van der Waals surface area contributed by atoms with Crippen molar-refractivity contribution in [2.45, 2.75) is 6.92 Å². The first-order chi connectivity index (χ1) is 9.06. The Hall–Kier alpha value is -2.27. The topological polar surface area (TPSA) is 81.8 Å². The van der Waals surface area contributed by atoms with Crippen LogP contribution in [0.25, 0.3) is 22.2 Å². The Bertz CT molecular complexity index is 788. The molecule has 0 saturated carbocycles. The highest BCUT2D eigenvalue weighted by Crippen LogP contribution is 2.33. The molecule has 0 fully saturated rings. The average molecular weight is 276 g/mol. The lowest BCUT2D eigenvalue weighted by Gasteiger charge is -2.01. The van der Waals surface area contributed by atoms with E-state index in [1.807, 2.05) is 25.1 Å². The van der Waals surface area contributed by atoms with Crippen LogP contribution in [0.5, 0.6) is 0 Å². The molecular formula is C13H10ClN3O2. The summed E-state index contributed by atoms with van der Waals surface area (Å²) in [5.41, 5.74) is 3.22. The largest absolute Gasteiger partial charge is 0.477 e. The van der Waals surface area contributed by atoms with Gasteiger partial charge in [0.05, 0.1) is 10.7 Å². The molecule has 0 saturated heterocycles. The van der Waals surface area contributed by atoms with E-state index in [1.165, 1.54) is 6.07 Å². The van der Waals surface area contributed by atoms with Gasteiger partial charge in [0.1, 0.15) is 5.69 Å². The van der Waals surface area contributed by atoms with Crippen LogP contribution in [0.1, 0.15) is 16.2 Å². The van der Waals surface area contributed by atoms with Crippen LogP contribution in [0.2, 0.25) is 5.02 Å². The molecule has 0 spiro atoms. The van der Waals surface area contributed by atoms with Crippen molar-refractivity contribution < 1.29 is 9.90 Å². The quantitative estimate of drug-likeness (QED) is 0.671. The van der Waals surface area contributed by atoms with Gasteiger partial charge in [0.2, 0.25) is 0 Å². The zero-order chi connectivity index (χ0) is 13.6. The lowest BCUT2D eigenvalue weighted by Crippen LogP contribution is -1.95. The van der Waals surface area contributed by atoms with E-state index < -0.39 is 5.97 Å². The molecule has 0 atom stereocenters. The van der Waals surface area contributed by atoms with Gasteiger partial charge in [0.15, 0.2) is 0 Å². The second kappa shape index (κ2) is 4.13. The van der Waals surface area contributed by atoms with Gasteiger partial charge in [-0.15, -0.1) is 0 Å². The summed E-state index contributed by atoms with van der Waals surface area (Å²) in [6.07, 6.45) is 0. The van der Waals surface area contributed by atoms with Gasteiger partial charge in [-0.05, 0) is 31.2 Å². The van der Waals surface area contributed by atoms with E-state index in [0.717, 1.165) is 16.6 Å². The molecular weight excluding hydrogens is 266 g/mol. The Morgan fingerprint density at radius 2 is 2.16 bits per heavy atom. The molecule has 3 rings (SSSR count). The number of benzene rings is 1. The van der Waals surface area contributed by atoms with E-state index in [1.54, 1.807) is 0 Å². The SMILES string of the molecule is Cc1cc2c(Cl)c(-c3cc(C(=O)O)[nH]n3)ccc2[nH]1. The first-order valence-corrected chi connectivity index (χ1v) is 6.01. The van der Waals surface area contributed by atoms with Gasteiger partial charge >= 0.3 is 5.97 Å². The van der Waals surface area contributed by atoms with E-state index in [-0.39, 0.29) is 5.69 Å². The molecule has 0 unspecified atom stereocenters. The van der Waals surface area contributed by atoms with Gasteiger partial charge < -0.3 is 10.1 Å². The molecule has 0 amide bonds. The zero-order valence-electron chi connectivity index (χ0n) is 9.99. The number of carboxylic acids is 1. The van der Waals surface area contributed by atoms with E-state index in [0.29, 0.717) is 16.3 Å². The third-order valence-corrected chi connectivity index (χ3v) is 3.36. The van der Waals surface area contributed by atoms with Crippen molar-refractivity contribution in [3.63, 3.8) is 0 Å². The highest BCUT2D eigenvalue weighted by atomic mass is 35.5. The zero-order valence-corrected chi connectivity index (χ0v) is 10.7. The predicted molar refractivity (Wildman–Crippen MR) is 72.6 cm³/mol. The number of H-pyrrole nitrogens is 2. The van der Waals surface area contributed by atoms with E-state index >= 15 is 0 Å². The third kappa shape index (κ3) is 1.88. The maximum atomic E-state index is 10.8. The van der Waals surface area contributed by atoms with E-state index in [2.05, 4.69) is 15.2 Å². The number of aromatic carboxylic acids is 1. The third-order valence-electron chi connectivity index (χ3n) is 2.96. The van der Waals surface area contributed by atoms with Gasteiger partial charge in [-0.2, -0.15) is 5.10 Å². The number of rotatable bonds is 2. The van der Waals surface area contributed by atoms with Crippen molar-refractivity contribution in [1.29, 1.82) is 0 Å². The molecule has 2 heterocycles. The van der Waals surface area contributed by atoms with Crippen molar-refractivity contribution >= 4 is 28.5 Å². The molecule has 6 heteroatoms. The molecule has 5 nitrogen and oxygen atoms in total. The van der Waals surface area contributed by atoms with Crippen LogP contribution in [-0.2, 0) is 0 Å². The normalized spacial score (nSPS) is 11.1. The molecule has 19 heavy (non-hydrogen) atoms. The summed E-state index contributed by atoms with van der Waals surface area (Å²) < 4.78 is 0. The standard InChI is InChI=1S/C13H10ClN3O2/c1-6-4-8-9(15-6)3-2-7(12(8)14)10-5-11(13(18)19)17-16-10/h2-5,15H,1H3,(H,16,17)(H,18,19). The molecule has 0 aliphatic heterocycles. The molecule has 2 aromatic heterocycles. The fourth-order valence-corrected chi connectivity index (χ4v) is 2.39. The van der Waals surface area contributed by atoms with Gasteiger partial charge in [-0.3, -0.25) is 5.10 Å². The average Bonchev–Trinajstić information content (AvgIpc) is 2.95. The van der Waals surface area contributed by atoms with Crippen molar-refractivity contribution in [3.8, 4) is 11.3 Å². The van der Waals surface area contributed by atoms with Gasteiger partial charge in [0, 0.05) is 22.2 Å². The molecule has 1 aromatic carbocycles. The Morgan fingerprint density at radius 1 is 1.37 bits per heavy atom. The van der Waals surface area contributed by atoms with Gasteiger partial charge in [-0.25, -0.2) is 4.79 Å². The number of carbonyl (C=O) groups is 1. The summed E-state index contributed by atoms with van der Waals surface area (Å²) in [5.74, 6) is -1.05. The van der Waals surface area contributed by atoms with Gasteiger partial charge in [-0.1, -0.05) is 11.6 Å². The van der Waals surface area contributed by atoms with Crippen LogP contribution < -0.4 is 0 Å². The summed E-state index contributed by atoms with van der Waals surface area (Å²) >= 11 is 6.36. The highest BCUT2D eigenvalue weighted by Gasteiger charge is 2.14. The number of aryl methyl sites for hydroxylation is 1. The summed E-state index contributed by atoms with van der Waals surface area (Å²) in [4.78, 5) is 14.0. The fraction of sp³-hybridized carbons (Fsp3) is 0.0769. The number of halogens is 1. The molecule has 0 aliphatic carbocycles. The Morgan fingerprint density at radius 3 is 2.84 bits per heavy atom. The molecule has 3 N–H and O–H groups in total. The number of fused-ring (bicyclic) bond motifs is 1. The van der Waals surface area contributed by atoms with Crippen LogP contribution >= 0.6 is 11.6 Å². The molecule has 3 aromatic rings. The van der Waals surface area contributed by atoms with Crippen molar-refractivity contribution in [2.24, 2.45) is 0 Å². The highest BCUT2D eigenvalue weighted by molar-refractivity contribution is 6.38. The number of nitrogens with zero attached hydrogens (tertiary/aromatic N) is 1. The van der Waals surface area contributed by atoms with Crippen LogP contribution in [0.4, 0.5) is 0 Å². The summed E-state index contributed by atoms with van der Waals surface area (Å²) in [7, 11) is 0. The Kier molecular flexibility index (Phi) is 2.57. The number of hydrogen-bond acceptors (Lipinski definition) is 2. The molecule has 0 bridgehead atoms. The number of nitrogens with one attached hydrogen (secondary N) is 2. The van der Waals surface area contributed by atoms with Gasteiger partial charge in [0.25, 0.3) is 0 Å². The van der Waals surface area contributed by atoms with Crippen LogP contribution in [0, 0.1) is 6.92 Å². The summed E-state index contributed by atoms with van der Waals surface area (Å²) in [6.45, 7) is 1.95.